The highest BCUT2D eigenvalue weighted by atomic mass is 32.2. The van der Waals surface area contributed by atoms with Crippen molar-refractivity contribution in [2.75, 3.05) is 24.7 Å². The van der Waals surface area contributed by atoms with E-state index in [1.807, 2.05) is 0 Å². The summed E-state index contributed by atoms with van der Waals surface area (Å²) in [6, 6.07) is 5.06. The van der Waals surface area contributed by atoms with Crippen LogP contribution in [0.5, 0.6) is 0 Å². The molecule has 1 aromatic carbocycles. The van der Waals surface area contributed by atoms with E-state index in [-0.39, 0.29) is 18.9 Å². The Labute approximate surface area is 170 Å². The number of hydrogen-bond acceptors (Lipinski definition) is 5. The van der Waals surface area contributed by atoms with Crippen molar-refractivity contribution in [1.82, 2.24) is 9.29 Å². The summed E-state index contributed by atoms with van der Waals surface area (Å²) in [7, 11) is -3.33. The maximum atomic E-state index is 12.9. The number of benzene rings is 1. The average Bonchev–Trinajstić information content (AvgIpc) is 3.22. The highest BCUT2D eigenvalue weighted by molar-refractivity contribution is 7.88. The molecule has 1 aliphatic heterocycles. The van der Waals surface area contributed by atoms with Crippen LogP contribution in [0.3, 0.4) is 0 Å². The number of alkyl halides is 3. The maximum absolute atomic E-state index is 12.9. The second-order valence-corrected chi connectivity index (χ2v) is 10.1. The number of hydrogen-bond donors (Lipinski definition) is 1. The Morgan fingerprint density at radius 3 is 2.72 bits per heavy atom. The first-order chi connectivity index (χ1) is 13.4. The molecular formula is C18H20F3N3O3S2. The SMILES string of the molecule is Cc1nc(Cc2cccc(C(F)(F)F)c2)sc1NC(=O)C1CCN(S(C)(=O)=O)C1. The third-order valence-electron chi connectivity index (χ3n) is 4.68. The second-order valence-electron chi connectivity index (χ2n) is 6.99. The molecule has 1 aromatic heterocycles. The Balaban J connectivity index is 1.67. The summed E-state index contributed by atoms with van der Waals surface area (Å²) in [6.07, 6.45) is -2.64. The zero-order chi connectivity index (χ0) is 21.4. The van der Waals surface area contributed by atoms with Crippen molar-refractivity contribution in [2.45, 2.75) is 25.9 Å². The molecule has 11 heteroatoms. The van der Waals surface area contributed by atoms with Crippen LogP contribution in [0.25, 0.3) is 0 Å². The largest absolute Gasteiger partial charge is 0.416 e. The number of nitrogens with zero attached hydrogens (tertiary/aromatic N) is 2. The fraction of sp³-hybridized carbons (Fsp3) is 0.444. The molecule has 6 nitrogen and oxygen atoms in total. The molecule has 2 heterocycles. The van der Waals surface area contributed by atoms with E-state index in [9.17, 15) is 26.4 Å². The van der Waals surface area contributed by atoms with Crippen LogP contribution in [-0.2, 0) is 27.4 Å². The molecular weight excluding hydrogens is 427 g/mol. The van der Waals surface area contributed by atoms with Crippen molar-refractivity contribution < 1.29 is 26.4 Å². The Bertz CT molecular complexity index is 1020. The Kier molecular flexibility index (Phi) is 6.02. The van der Waals surface area contributed by atoms with E-state index in [0.29, 0.717) is 34.2 Å². The molecule has 0 aliphatic carbocycles. The van der Waals surface area contributed by atoms with E-state index in [0.717, 1.165) is 18.4 Å². The van der Waals surface area contributed by atoms with Gasteiger partial charge in [-0.2, -0.15) is 13.2 Å². The number of carbonyl (C=O) groups excluding carboxylic acids is 1. The van der Waals surface area contributed by atoms with Crippen LogP contribution in [-0.4, -0.2) is 43.0 Å². The van der Waals surface area contributed by atoms with Crippen molar-refractivity contribution in [3.63, 3.8) is 0 Å². The van der Waals surface area contributed by atoms with Crippen LogP contribution in [0.2, 0.25) is 0 Å². The summed E-state index contributed by atoms with van der Waals surface area (Å²) in [6.45, 7) is 2.15. The number of sulfonamides is 1. The van der Waals surface area contributed by atoms with Crippen molar-refractivity contribution >= 4 is 32.3 Å². The molecule has 1 saturated heterocycles. The van der Waals surface area contributed by atoms with E-state index >= 15 is 0 Å². The van der Waals surface area contributed by atoms with Gasteiger partial charge in [-0.1, -0.05) is 18.2 Å². The Morgan fingerprint density at radius 1 is 1.38 bits per heavy atom. The molecule has 2 aromatic rings. The lowest BCUT2D eigenvalue weighted by Crippen LogP contribution is -2.30. The highest BCUT2D eigenvalue weighted by Crippen LogP contribution is 2.31. The van der Waals surface area contributed by atoms with Crippen molar-refractivity contribution in [2.24, 2.45) is 5.92 Å². The minimum atomic E-state index is -4.41. The highest BCUT2D eigenvalue weighted by Gasteiger charge is 2.33. The lowest BCUT2D eigenvalue weighted by molar-refractivity contribution is -0.137. The number of carbonyl (C=O) groups is 1. The number of thiazole rings is 1. The first-order valence-corrected chi connectivity index (χ1v) is 11.5. The van der Waals surface area contributed by atoms with Crippen molar-refractivity contribution in [3.8, 4) is 0 Å². The van der Waals surface area contributed by atoms with Crippen LogP contribution in [0.15, 0.2) is 24.3 Å². The average molecular weight is 448 g/mol. The van der Waals surface area contributed by atoms with Crippen molar-refractivity contribution in [1.29, 1.82) is 0 Å². The normalized spacial score (nSPS) is 18.2. The molecule has 29 heavy (non-hydrogen) atoms. The lowest BCUT2D eigenvalue weighted by Gasteiger charge is -2.13. The minimum Gasteiger partial charge on any atom is -0.316 e. The fourth-order valence-corrected chi connectivity index (χ4v) is 5.02. The van der Waals surface area contributed by atoms with Crippen LogP contribution in [0, 0.1) is 12.8 Å². The van der Waals surface area contributed by atoms with Gasteiger partial charge >= 0.3 is 6.18 Å². The molecule has 1 amide bonds. The van der Waals surface area contributed by atoms with Gasteiger partial charge in [0.1, 0.15) is 5.00 Å². The van der Waals surface area contributed by atoms with Gasteiger partial charge in [-0.15, -0.1) is 11.3 Å². The van der Waals surface area contributed by atoms with Crippen LogP contribution >= 0.6 is 11.3 Å². The Hall–Kier alpha value is -1.98. The number of aromatic nitrogens is 1. The molecule has 0 bridgehead atoms. The first kappa shape index (κ1) is 21.7. The van der Waals surface area contributed by atoms with Gasteiger partial charge in [0.15, 0.2) is 0 Å². The Morgan fingerprint density at radius 2 is 2.10 bits per heavy atom. The summed E-state index contributed by atoms with van der Waals surface area (Å²) < 4.78 is 63.1. The van der Waals surface area contributed by atoms with Gasteiger partial charge in [0, 0.05) is 19.5 Å². The molecule has 1 aliphatic rings. The summed E-state index contributed by atoms with van der Waals surface area (Å²) in [5.74, 6) is -0.730. The summed E-state index contributed by atoms with van der Waals surface area (Å²) in [5, 5.41) is 3.89. The van der Waals surface area contributed by atoms with Gasteiger partial charge in [0.25, 0.3) is 0 Å². The van der Waals surface area contributed by atoms with Gasteiger partial charge < -0.3 is 5.32 Å². The van der Waals surface area contributed by atoms with Gasteiger partial charge in [0.05, 0.1) is 28.4 Å². The predicted molar refractivity (Wildman–Crippen MR) is 104 cm³/mol. The zero-order valence-corrected chi connectivity index (χ0v) is 17.4. The van der Waals surface area contributed by atoms with Crippen LogP contribution in [0.1, 0.15) is 28.2 Å². The molecule has 0 spiro atoms. The molecule has 1 fully saturated rings. The van der Waals surface area contributed by atoms with E-state index < -0.39 is 27.7 Å². The molecule has 3 rings (SSSR count). The maximum Gasteiger partial charge on any atom is 0.416 e. The third-order valence-corrected chi connectivity index (χ3v) is 7.02. The molecule has 0 saturated carbocycles. The number of nitrogens with one attached hydrogen (secondary N) is 1. The quantitative estimate of drug-likeness (QED) is 0.763. The van der Waals surface area contributed by atoms with Gasteiger partial charge in [-0.25, -0.2) is 17.7 Å². The van der Waals surface area contributed by atoms with E-state index in [1.54, 1.807) is 13.0 Å². The molecule has 158 valence electrons. The van der Waals surface area contributed by atoms with Crippen LogP contribution < -0.4 is 5.32 Å². The summed E-state index contributed by atoms with van der Waals surface area (Å²) in [4.78, 5) is 16.8. The summed E-state index contributed by atoms with van der Waals surface area (Å²) >= 11 is 1.20. The van der Waals surface area contributed by atoms with E-state index in [2.05, 4.69) is 10.3 Å². The standard InChI is InChI=1S/C18H20F3N3O3S2/c1-11-17(23-16(25)13-6-7-24(10-13)29(2,26)27)28-15(22-11)9-12-4-3-5-14(8-12)18(19,20)21/h3-5,8,13H,6-7,9-10H2,1-2H3,(H,23,25). The smallest absolute Gasteiger partial charge is 0.316 e. The molecule has 1 unspecified atom stereocenters. The lowest BCUT2D eigenvalue weighted by atomic mass is 10.1. The van der Waals surface area contributed by atoms with Crippen molar-refractivity contribution in [3.05, 3.63) is 46.1 Å². The second kappa shape index (κ2) is 8.04. The monoisotopic (exact) mass is 447 g/mol. The van der Waals surface area contributed by atoms with Crippen LogP contribution in [0.4, 0.5) is 18.2 Å². The number of rotatable bonds is 5. The van der Waals surface area contributed by atoms with E-state index in [4.69, 9.17) is 0 Å². The number of amides is 1. The number of aryl methyl sites for hydroxylation is 1. The van der Waals surface area contributed by atoms with Gasteiger partial charge in [-0.05, 0) is 25.0 Å². The number of anilines is 1. The van der Waals surface area contributed by atoms with Gasteiger partial charge in [0.2, 0.25) is 15.9 Å². The van der Waals surface area contributed by atoms with Gasteiger partial charge in [-0.3, -0.25) is 4.79 Å². The van der Waals surface area contributed by atoms with E-state index in [1.165, 1.54) is 21.7 Å². The topological polar surface area (TPSA) is 79.4 Å². The molecule has 1 N–H and O–H groups in total. The minimum absolute atomic E-state index is 0.139. The molecule has 1 atom stereocenters. The fourth-order valence-electron chi connectivity index (χ4n) is 3.13. The zero-order valence-electron chi connectivity index (χ0n) is 15.8. The first-order valence-electron chi connectivity index (χ1n) is 8.82. The third kappa shape index (κ3) is 5.34. The predicted octanol–water partition coefficient (Wildman–Crippen LogP) is 3.28. The number of halogens is 3. The molecule has 0 radical (unpaired) electrons. The summed E-state index contributed by atoms with van der Waals surface area (Å²) in [5.41, 5.74) is 0.336.